The summed E-state index contributed by atoms with van der Waals surface area (Å²) in [7, 11) is 0. The van der Waals surface area contributed by atoms with E-state index in [1.807, 2.05) is 18.3 Å². The lowest BCUT2D eigenvalue weighted by molar-refractivity contribution is 0.0715. The third-order valence-electron chi connectivity index (χ3n) is 4.68. The Morgan fingerprint density at radius 2 is 1.96 bits per heavy atom. The minimum absolute atomic E-state index is 0.182. The predicted molar refractivity (Wildman–Crippen MR) is 108 cm³/mol. The summed E-state index contributed by atoms with van der Waals surface area (Å²) in [6.45, 7) is 7.87. The Bertz CT molecular complexity index is 948. The number of hydrogen-bond donors (Lipinski definition) is 0. The first kappa shape index (κ1) is 19.8. The van der Waals surface area contributed by atoms with Crippen LogP contribution in [0.2, 0.25) is 0 Å². The van der Waals surface area contributed by atoms with Crippen LogP contribution < -0.4 is 0 Å². The van der Waals surface area contributed by atoms with Crippen LogP contribution >= 0.6 is 0 Å². The van der Waals surface area contributed by atoms with Gasteiger partial charge in [-0.15, -0.1) is 0 Å². The second-order valence-corrected chi connectivity index (χ2v) is 7.49. The second-order valence-electron chi connectivity index (χ2n) is 7.49. The lowest BCUT2D eigenvalue weighted by Gasteiger charge is -2.25. The molecule has 1 heterocycles. The molecule has 0 saturated carbocycles. The Hall–Kier alpha value is -2.95. The van der Waals surface area contributed by atoms with Gasteiger partial charge in [0.2, 0.25) is 0 Å². The van der Waals surface area contributed by atoms with Gasteiger partial charge in [-0.25, -0.2) is 9.37 Å². The fourth-order valence-electron chi connectivity index (χ4n) is 3.24. The van der Waals surface area contributed by atoms with Crippen molar-refractivity contribution in [2.75, 3.05) is 6.54 Å². The van der Waals surface area contributed by atoms with Gasteiger partial charge in [-0.3, -0.25) is 4.79 Å². The van der Waals surface area contributed by atoms with Crippen molar-refractivity contribution in [1.29, 1.82) is 0 Å². The summed E-state index contributed by atoms with van der Waals surface area (Å²) in [5.41, 5.74) is 2.79. The molecule has 0 unspecified atom stereocenters. The van der Waals surface area contributed by atoms with Crippen LogP contribution in [-0.2, 0) is 13.1 Å². The minimum Gasteiger partial charge on any atom is -0.331 e. The van der Waals surface area contributed by atoms with E-state index >= 15 is 0 Å². The highest BCUT2D eigenvalue weighted by molar-refractivity contribution is 5.94. The van der Waals surface area contributed by atoms with Crippen LogP contribution in [0, 0.1) is 18.7 Å². The number of nitrogens with zero attached hydrogens (tertiary/aromatic N) is 3. The molecule has 0 aliphatic carbocycles. The number of amides is 1. The average Bonchev–Trinajstić information content (AvgIpc) is 3.09. The van der Waals surface area contributed by atoms with E-state index in [1.54, 1.807) is 23.2 Å². The van der Waals surface area contributed by atoms with Crippen LogP contribution in [-0.4, -0.2) is 26.9 Å². The molecule has 3 aromatic rings. The van der Waals surface area contributed by atoms with Gasteiger partial charge >= 0.3 is 0 Å². The summed E-state index contributed by atoms with van der Waals surface area (Å²) in [5.74, 6) is 0.515. The molecular weight excluding hydrogens is 353 g/mol. The van der Waals surface area contributed by atoms with E-state index in [1.165, 1.54) is 23.3 Å². The van der Waals surface area contributed by atoms with E-state index in [0.29, 0.717) is 25.2 Å². The molecule has 2 aromatic carbocycles. The number of carbonyl (C=O) groups is 1. The standard InChI is InChI=1S/C23H26FN3O/c1-17(2)14-27(23(28)19-9-6-10-21(24)13-19)16-22-25-11-12-26(22)15-20-8-5-4-7-18(20)3/h4-13,17H,14-16H2,1-3H3. The van der Waals surface area contributed by atoms with Gasteiger partial charge in [0.25, 0.3) is 5.91 Å². The molecule has 4 nitrogen and oxygen atoms in total. The molecule has 0 spiro atoms. The Balaban J connectivity index is 1.83. The van der Waals surface area contributed by atoms with E-state index in [2.05, 4.69) is 42.5 Å². The molecule has 0 aliphatic heterocycles. The quantitative estimate of drug-likeness (QED) is 0.598. The molecule has 1 amide bonds. The number of hydrogen-bond acceptors (Lipinski definition) is 2. The number of aromatic nitrogens is 2. The van der Waals surface area contributed by atoms with E-state index in [9.17, 15) is 9.18 Å². The Kier molecular flexibility index (Phi) is 6.24. The van der Waals surface area contributed by atoms with Gasteiger partial charge in [-0.1, -0.05) is 44.2 Å². The first-order chi connectivity index (χ1) is 13.4. The van der Waals surface area contributed by atoms with Crippen LogP contribution in [0.3, 0.4) is 0 Å². The van der Waals surface area contributed by atoms with E-state index in [0.717, 1.165) is 5.82 Å². The Morgan fingerprint density at radius 3 is 2.68 bits per heavy atom. The van der Waals surface area contributed by atoms with Crippen LogP contribution in [0.1, 0.15) is 41.2 Å². The monoisotopic (exact) mass is 379 g/mol. The van der Waals surface area contributed by atoms with Gasteiger partial charge in [0.1, 0.15) is 11.6 Å². The highest BCUT2D eigenvalue weighted by Gasteiger charge is 2.20. The normalized spacial score (nSPS) is 11.0. The minimum atomic E-state index is -0.406. The second kappa shape index (κ2) is 8.83. The Morgan fingerprint density at radius 1 is 1.18 bits per heavy atom. The average molecular weight is 379 g/mol. The summed E-state index contributed by atoms with van der Waals surface area (Å²) in [6, 6.07) is 14.1. The van der Waals surface area contributed by atoms with Gasteiger partial charge in [0, 0.05) is 31.0 Å². The molecule has 0 N–H and O–H groups in total. The third kappa shape index (κ3) is 4.85. The fourth-order valence-corrected chi connectivity index (χ4v) is 3.24. The van der Waals surface area contributed by atoms with Crippen molar-refractivity contribution in [3.05, 3.63) is 89.3 Å². The lowest BCUT2D eigenvalue weighted by Crippen LogP contribution is -2.34. The molecule has 1 aromatic heterocycles. The van der Waals surface area contributed by atoms with Gasteiger partial charge < -0.3 is 9.47 Å². The van der Waals surface area contributed by atoms with Crippen molar-refractivity contribution in [1.82, 2.24) is 14.5 Å². The van der Waals surface area contributed by atoms with Gasteiger partial charge in [0.15, 0.2) is 0 Å². The molecule has 3 rings (SSSR count). The maximum Gasteiger partial charge on any atom is 0.254 e. The molecular formula is C23H26FN3O. The largest absolute Gasteiger partial charge is 0.331 e. The fraction of sp³-hybridized carbons (Fsp3) is 0.304. The molecule has 0 fully saturated rings. The number of imidazole rings is 1. The summed E-state index contributed by atoms with van der Waals surface area (Å²) < 4.78 is 15.7. The summed E-state index contributed by atoms with van der Waals surface area (Å²) in [5, 5.41) is 0. The summed E-state index contributed by atoms with van der Waals surface area (Å²) >= 11 is 0. The van der Waals surface area contributed by atoms with Crippen LogP contribution in [0.4, 0.5) is 4.39 Å². The topological polar surface area (TPSA) is 38.1 Å². The maximum atomic E-state index is 13.6. The Labute approximate surface area is 165 Å². The van der Waals surface area contributed by atoms with Crippen LogP contribution in [0.5, 0.6) is 0 Å². The van der Waals surface area contributed by atoms with E-state index < -0.39 is 5.82 Å². The predicted octanol–water partition coefficient (Wildman–Crippen LogP) is 4.68. The maximum absolute atomic E-state index is 13.6. The number of rotatable bonds is 7. The zero-order valence-electron chi connectivity index (χ0n) is 16.6. The van der Waals surface area contributed by atoms with Crippen molar-refractivity contribution < 1.29 is 9.18 Å². The molecule has 5 heteroatoms. The van der Waals surface area contributed by atoms with Crippen LogP contribution in [0.15, 0.2) is 60.9 Å². The number of aryl methyl sites for hydroxylation is 1. The van der Waals surface area contributed by atoms with Crippen molar-refractivity contribution in [3.63, 3.8) is 0 Å². The molecule has 0 radical (unpaired) electrons. The first-order valence-electron chi connectivity index (χ1n) is 9.53. The van der Waals surface area contributed by atoms with Crippen molar-refractivity contribution in [2.45, 2.75) is 33.9 Å². The van der Waals surface area contributed by atoms with Gasteiger partial charge in [-0.2, -0.15) is 0 Å². The molecule has 146 valence electrons. The summed E-state index contributed by atoms with van der Waals surface area (Å²) in [4.78, 5) is 19.2. The highest BCUT2D eigenvalue weighted by atomic mass is 19.1. The van der Waals surface area contributed by atoms with E-state index in [-0.39, 0.29) is 11.8 Å². The SMILES string of the molecule is Cc1ccccc1Cn1ccnc1CN(CC(C)C)C(=O)c1cccc(F)c1. The summed E-state index contributed by atoms with van der Waals surface area (Å²) in [6.07, 6.45) is 3.69. The third-order valence-corrected chi connectivity index (χ3v) is 4.68. The molecule has 0 saturated heterocycles. The molecule has 0 aliphatic rings. The van der Waals surface area contributed by atoms with Gasteiger partial charge in [0.05, 0.1) is 6.54 Å². The molecule has 0 atom stereocenters. The number of halogens is 1. The highest BCUT2D eigenvalue weighted by Crippen LogP contribution is 2.15. The van der Waals surface area contributed by atoms with Crippen molar-refractivity contribution in [3.8, 4) is 0 Å². The zero-order chi connectivity index (χ0) is 20.1. The lowest BCUT2D eigenvalue weighted by atomic mass is 10.1. The van der Waals surface area contributed by atoms with Crippen molar-refractivity contribution >= 4 is 5.91 Å². The zero-order valence-corrected chi connectivity index (χ0v) is 16.6. The van der Waals surface area contributed by atoms with Crippen LogP contribution in [0.25, 0.3) is 0 Å². The van der Waals surface area contributed by atoms with Gasteiger partial charge in [-0.05, 0) is 42.2 Å². The molecule has 28 heavy (non-hydrogen) atoms. The van der Waals surface area contributed by atoms with E-state index in [4.69, 9.17) is 0 Å². The van der Waals surface area contributed by atoms with Crippen molar-refractivity contribution in [2.24, 2.45) is 5.92 Å². The first-order valence-corrected chi connectivity index (χ1v) is 9.53. The number of carbonyl (C=O) groups excluding carboxylic acids is 1. The molecule has 0 bridgehead atoms. The smallest absolute Gasteiger partial charge is 0.254 e. The number of benzene rings is 2.